The highest BCUT2D eigenvalue weighted by Crippen LogP contribution is 2.29. The van der Waals surface area contributed by atoms with E-state index >= 15 is 0 Å². The van der Waals surface area contributed by atoms with Crippen molar-refractivity contribution in [1.29, 1.82) is 0 Å². The van der Waals surface area contributed by atoms with Crippen LogP contribution < -0.4 is 4.72 Å². The van der Waals surface area contributed by atoms with Gasteiger partial charge in [-0.1, -0.05) is 13.8 Å². The number of hydrogen-bond acceptors (Lipinski definition) is 2. The Morgan fingerprint density at radius 1 is 1.64 bits per heavy atom. The molecule has 1 aromatic heterocycles. The zero-order valence-electron chi connectivity index (χ0n) is 8.12. The van der Waals surface area contributed by atoms with E-state index in [1.807, 2.05) is 5.38 Å². The van der Waals surface area contributed by atoms with Crippen LogP contribution in [0.3, 0.4) is 0 Å². The maximum absolute atomic E-state index is 10.5. The van der Waals surface area contributed by atoms with Crippen LogP contribution >= 0.6 is 27.3 Å². The van der Waals surface area contributed by atoms with Crippen molar-refractivity contribution < 1.29 is 4.21 Å². The number of nitrogens with one attached hydrogen (secondary N) is 1. The maximum atomic E-state index is 10.5. The van der Waals surface area contributed by atoms with Gasteiger partial charge in [-0.3, -0.25) is 0 Å². The summed E-state index contributed by atoms with van der Waals surface area (Å²) in [5, 5.41) is 2.04. The third kappa shape index (κ3) is 3.73. The van der Waals surface area contributed by atoms with E-state index in [0.717, 1.165) is 10.9 Å². The fourth-order valence-corrected chi connectivity index (χ4v) is 3.19. The minimum absolute atomic E-state index is 0.175. The Hall–Kier alpha value is 0.160. The molecule has 0 unspecified atom stereocenters. The van der Waals surface area contributed by atoms with Crippen molar-refractivity contribution in [1.82, 2.24) is 4.72 Å². The Labute approximate surface area is 101 Å². The summed E-state index contributed by atoms with van der Waals surface area (Å²) in [6, 6.07) is 2.25. The zero-order chi connectivity index (χ0) is 10.6. The molecule has 0 amide bonds. The fourth-order valence-electron chi connectivity index (χ4n) is 1.26. The standard InChI is InChI=1S/C9H13BrNOS2/c1-6(2)3-8(11-14-12)9-4-7(10)5-13-9/h4-6,8H,3H2,1-2H3,(H,11,12)/q+1/t8-/m0/s1. The number of hydrogen-bond donors (Lipinski definition) is 1. The summed E-state index contributed by atoms with van der Waals surface area (Å²) < 4.78 is 14.5. The Bertz CT molecular complexity index is 301. The highest BCUT2D eigenvalue weighted by molar-refractivity contribution is 9.10. The summed E-state index contributed by atoms with van der Waals surface area (Å²) in [6.45, 7) is 4.32. The van der Waals surface area contributed by atoms with E-state index in [-0.39, 0.29) is 6.04 Å². The van der Waals surface area contributed by atoms with E-state index in [9.17, 15) is 4.21 Å². The smallest absolute Gasteiger partial charge is 0.146 e. The third-order valence-corrected chi connectivity index (χ3v) is 4.02. The molecule has 1 atom stereocenters. The van der Waals surface area contributed by atoms with Gasteiger partial charge in [0.25, 0.3) is 0 Å². The van der Waals surface area contributed by atoms with Crippen molar-refractivity contribution in [2.45, 2.75) is 26.3 Å². The molecule has 78 valence electrons. The van der Waals surface area contributed by atoms with E-state index in [1.54, 1.807) is 11.3 Å². The van der Waals surface area contributed by atoms with Crippen molar-refractivity contribution in [3.8, 4) is 0 Å². The molecule has 0 saturated carbocycles. The molecular weight excluding hydrogens is 282 g/mol. The van der Waals surface area contributed by atoms with E-state index < -0.39 is 0 Å². The summed E-state index contributed by atoms with van der Waals surface area (Å²) in [5.41, 5.74) is 0. The van der Waals surface area contributed by atoms with Gasteiger partial charge in [0.05, 0.1) is 4.21 Å². The van der Waals surface area contributed by atoms with Crippen LogP contribution in [0.15, 0.2) is 15.9 Å². The summed E-state index contributed by atoms with van der Waals surface area (Å²) >= 11 is 5.54. The summed E-state index contributed by atoms with van der Waals surface area (Å²) in [4.78, 5) is 1.22. The van der Waals surface area contributed by atoms with Crippen molar-refractivity contribution in [3.05, 3.63) is 20.8 Å². The van der Waals surface area contributed by atoms with Gasteiger partial charge in [0, 0.05) is 14.7 Å². The van der Waals surface area contributed by atoms with Gasteiger partial charge < -0.3 is 0 Å². The van der Waals surface area contributed by atoms with E-state index in [0.29, 0.717) is 17.8 Å². The van der Waals surface area contributed by atoms with Gasteiger partial charge in [-0.2, -0.15) is 0 Å². The van der Waals surface area contributed by atoms with Crippen molar-refractivity contribution in [3.63, 3.8) is 0 Å². The molecule has 0 aliphatic heterocycles. The molecule has 0 aromatic carbocycles. The monoisotopic (exact) mass is 294 g/mol. The van der Waals surface area contributed by atoms with Gasteiger partial charge >= 0.3 is 11.9 Å². The van der Waals surface area contributed by atoms with Crippen LogP contribution in [0.4, 0.5) is 0 Å². The quantitative estimate of drug-likeness (QED) is 0.653. The van der Waals surface area contributed by atoms with Gasteiger partial charge in [0.15, 0.2) is 0 Å². The minimum Gasteiger partial charge on any atom is -0.146 e. The first kappa shape index (κ1) is 12.2. The van der Waals surface area contributed by atoms with E-state index in [1.165, 1.54) is 4.88 Å². The molecular formula is C9H13BrNOS2+. The topological polar surface area (TPSA) is 29.1 Å². The molecule has 0 saturated heterocycles. The zero-order valence-corrected chi connectivity index (χ0v) is 11.3. The lowest BCUT2D eigenvalue weighted by atomic mass is 10.0. The molecule has 1 aromatic rings. The average molecular weight is 295 g/mol. The highest BCUT2D eigenvalue weighted by atomic mass is 79.9. The lowest BCUT2D eigenvalue weighted by Crippen LogP contribution is -2.17. The number of thiophene rings is 1. The van der Waals surface area contributed by atoms with Crippen LogP contribution in [0.1, 0.15) is 31.2 Å². The second kappa shape index (κ2) is 5.90. The van der Waals surface area contributed by atoms with Crippen LogP contribution in [-0.4, -0.2) is 0 Å². The second-order valence-corrected chi connectivity index (χ2v) is 5.81. The van der Waals surface area contributed by atoms with Crippen LogP contribution in [0, 0.1) is 5.92 Å². The molecule has 1 heterocycles. The summed E-state index contributed by atoms with van der Waals surface area (Å²) in [6.07, 6.45) is 0.988. The maximum Gasteiger partial charge on any atom is 0.588 e. The highest BCUT2D eigenvalue weighted by Gasteiger charge is 2.20. The van der Waals surface area contributed by atoms with Gasteiger partial charge in [-0.05, 0) is 39.1 Å². The third-order valence-electron chi connectivity index (χ3n) is 1.83. The first-order chi connectivity index (χ1) is 6.63. The minimum atomic E-state index is 0.175. The molecule has 14 heavy (non-hydrogen) atoms. The molecule has 5 heteroatoms. The van der Waals surface area contributed by atoms with Crippen molar-refractivity contribution in [2.24, 2.45) is 5.92 Å². The average Bonchev–Trinajstić information content (AvgIpc) is 2.50. The molecule has 2 nitrogen and oxygen atoms in total. The predicted octanol–water partition coefficient (Wildman–Crippen LogP) is 3.53. The molecule has 0 radical (unpaired) electrons. The first-order valence-corrected chi connectivity index (χ1v) is 6.83. The van der Waals surface area contributed by atoms with Gasteiger partial charge in [-0.15, -0.1) is 11.3 Å². The predicted molar refractivity (Wildman–Crippen MR) is 65.4 cm³/mol. The van der Waals surface area contributed by atoms with Crippen LogP contribution in [-0.2, 0) is 16.1 Å². The summed E-state index contributed by atoms with van der Waals surface area (Å²) in [7, 11) is 0. The molecule has 0 fully saturated rings. The number of rotatable bonds is 5. The van der Waals surface area contributed by atoms with Crippen molar-refractivity contribution >= 4 is 39.1 Å². The van der Waals surface area contributed by atoms with Gasteiger partial charge in [-0.25, -0.2) is 0 Å². The number of halogens is 1. The van der Waals surface area contributed by atoms with E-state index in [2.05, 4.69) is 40.6 Å². The molecule has 0 spiro atoms. The Balaban J connectivity index is 2.71. The first-order valence-electron chi connectivity index (χ1n) is 4.41. The molecule has 0 aliphatic rings. The SMILES string of the molecule is CC(C)C[C@H](N[S+]=O)c1cc(Br)cs1. The Morgan fingerprint density at radius 3 is 2.79 bits per heavy atom. The summed E-state index contributed by atoms with van der Waals surface area (Å²) in [5.74, 6) is 0.584. The Morgan fingerprint density at radius 2 is 2.36 bits per heavy atom. The lowest BCUT2D eigenvalue weighted by molar-refractivity contribution is 0.488. The normalized spacial score (nSPS) is 13.1. The van der Waals surface area contributed by atoms with Crippen LogP contribution in [0.25, 0.3) is 0 Å². The molecule has 1 rings (SSSR count). The Kier molecular flexibility index (Phi) is 5.15. The molecule has 0 aliphatic carbocycles. The van der Waals surface area contributed by atoms with Gasteiger partial charge in [0.1, 0.15) is 6.04 Å². The molecule has 0 bridgehead atoms. The van der Waals surface area contributed by atoms with Crippen molar-refractivity contribution in [2.75, 3.05) is 0 Å². The largest absolute Gasteiger partial charge is 0.588 e. The van der Waals surface area contributed by atoms with E-state index in [4.69, 9.17) is 0 Å². The lowest BCUT2D eigenvalue weighted by Gasteiger charge is -2.10. The second-order valence-electron chi connectivity index (χ2n) is 3.55. The molecule has 1 N–H and O–H groups in total. The van der Waals surface area contributed by atoms with Gasteiger partial charge in [0.2, 0.25) is 0 Å². The van der Waals surface area contributed by atoms with Crippen LogP contribution in [0.2, 0.25) is 0 Å². The van der Waals surface area contributed by atoms with Crippen LogP contribution in [0.5, 0.6) is 0 Å². The fraction of sp³-hybridized carbons (Fsp3) is 0.556.